The van der Waals surface area contributed by atoms with Crippen LogP contribution in [-0.2, 0) is 0 Å². The first-order valence-corrected chi connectivity index (χ1v) is 25.5. The Labute approximate surface area is 431 Å². The Hall–Kier alpha value is -9.76. The first-order chi connectivity index (χ1) is 36.7. The molecule has 0 aliphatic rings. The van der Waals surface area contributed by atoms with E-state index < -0.39 is 0 Å². The summed E-state index contributed by atoms with van der Waals surface area (Å²) < 4.78 is 4.80. The highest BCUT2D eigenvalue weighted by molar-refractivity contribution is 6.13. The molecule has 12 aromatic carbocycles. The lowest BCUT2D eigenvalue weighted by atomic mass is 9.94. The summed E-state index contributed by atoms with van der Waals surface area (Å²) in [6.45, 7) is 0. The SMILES string of the molecule is c1ccc(-c2ccc(-c3cccc(-c4cccc(-c5ccc(-c6cccc(-c7cccc(-n8c9ccccc9c9cc(-c%10ccc%11c(c%10)c%10ccccc%10n%11-c%10ccccc%10)ccc98)c7)c6)cc5)c4)c3)cc2)cc1. The Morgan fingerprint density at radius 1 is 0.149 bits per heavy atom. The van der Waals surface area contributed by atoms with Crippen molar-refractivity contribution in [3.05, 3.63) is 291 Å². The maximum absolute atomic E-state index is 2.42. The van der Waals surface area contributed by atoms with Crippen LogP contribution in [-0.4, -0.2) is 9.13 Å². The number of nitrogens with zero attached hydrogens (tertiary/aromatic N) is 2. The van der Waals surface area contributed by atoms with Crippen molar-refractivity contribution >= 4 is 43.6 Å². The van der Waals surface area contributed by atoms with E-state index >= 15 is 0 Å². The zero-order valence-corrected chi connectivity index (χ0v) is 40.6. The van der Waals surface area contributed by atoms with Gasteiger partial charge in [0, 0.05) is 32.9 Å². The van der Waals surface area contributed by atoms with Crippen LogP contribution in [0.3, 0.4) is 0 Å². The quantitative estimate of drug-likeness (QED) is 0.136. The van der Waals surface area contributed by atoms with Gasteiger partial charge in [0.15, 0.2) is 0 Å². The summed E-state index contributed by atoms with van der Waals surface area (Å²) in [7, 11) is 0. The third kappa shape index (κ3) is 7.69. The van der Waals surface area contributed by atoms with Crippen LogP contribution in [0.5, 0.6) is 0 Å². The second-order valence-corrected chi connectivity index (χ2v) is 19.3. The van der Waals surface area contributed by atoms with Crippen molar-refractivity contribution in [3.8, 4) is 89.3 Å². The second kappa shape index (κ2) is 18.1. The summed E-state index contributed by atoms with van der Waals surface area (Å²) in [6, 6.07) is 106. The standard InChI is InChI=1S/C72H48N2/c1-3-15-49(16-4-1)50-31-33-51(34-32-50)54-17-11-20-57(43-54)58-21-12-18-55(44-58)52-35-37-53(38-36-52)56-19-13-22-59(45-56)60-23-14-26-64(46-60)74-70-30-10-8-28-66(70)68-48-62(40-42-72(68)74)61-39-41-71-67(47-61)65-27-7-9-29-69(65)73(71)63-24-5-2-6-25-63/h1-48H. The first-order valence-electron chi connectivity index (χ1n) is 25.5. The minimum atomic E-state index is 1.14. The molecule has 0 radical (unpaired) electrons. The second-order valence-electron chi connectivity index (χ2n) is 19.3. The third-order valence-electron chi connectivity index (χ3n) is 14.9. The molecule has 0 atom stereocenters. The van der Waals surface area contributed by atoms with E-state index in [-0.39, 0.29) is 0 Å². The van der Waals surface area contributed by atoms with Gasteiger partial charge in [-0.3, -0.25) is 0 Å². The summed E-state index contributed by atoms with van der Waals surface area (Å²) in [4.78, 5) is 0. The molecule has 0 saturated heterocycles. The van der Waals surface area contributed by atoms with Crippen LogP contribution in [0.2, 0.25) is 0 Å². The molecule has 0 aliphatic carbocycles. The fourth-order valence-corrected chi connectivity index (χ4v) is 11.2. The van der Waals surface area contributed by atoms with Gasteiger partial charge in [-0.1, -0.05) is 212 Å². The summed E-state index contributed by atoms with van der Waals surface area (Å²) in [5.74, 6) is 0. The molecule has 0 fully saturated rings. The van der Waals surface area contributed by atoms with E-state index in [4.69, 9.17) is 0 Å². The Morgan fingerprint density at radius 3 is 0.878 bits per heavy atom. The molecule has 0 bridgehead atoms. The first kappa shape index (κ1) is 43.1. The van der Waals surface area contributed by atoms with E-state index in [2.05, 4.69) is 300 Å². The number of fused-ring (bicyclic) bond motifs is 6. The zero-order valence-electron chi connectivity index (χ0n) is 40.6. The molecule has 0 amide bonds. The molecule has 14 rings (SSSR count). The van der Waals surface area contributed by atoms with Crippen LogP contribution >= 0.6 is 0 Å². The number of hydrogen-bond acceptors (Lipinski definition) is 0. The highest BCUT2D eigenvalue weighted by Gasteiger charge is 2.17. The van der Waals surface area contributed by atoms with Gasteiger partial charge in [0.1, 0.15) is 0 Å². The van der Waals surface area contributed by atoms with Gasteiger partial charge in [-0.15, -0.1) is 0 Å². The summed E-state index contributed by atoms with van der Waals surface area (Å²) in [6.07, 6.45) is 0. The molecular formula is C72H48N2. The van der Waals surface area contributed by atoms with E-state index in [0.29, 0.717) is 0 Å². The van der Waals surface area contributed by atoms with Gasteiger partial charge in [-0.25, -0.2) is 0 Å². The molecule has 2 heteroatoms. The fraction of sp³-hybridized carbons (Fsp3) is 0. The van der Waals surface area contributed by atoms with Gasteiger partial charge >= 0.3 is 0 Å². The monoisotopic (exact) mass is 940 g/mol. The summed E-state index contributed by atoms with van der Waals surface area (Å²) in [5, 5.41) is 4.99. The topological polar surface area (TPSA) is 9.86 Å². The van der Waals surface area contributed by atoms with Crippen molar-refractivity contribution in [1.29, 1.82) is 0 Å². The van der Waals surface area contributed by atoms with E-state index in [9.17, 15) is 0 Å². The number of rotatable bonds is 9. The van der Waals surface area contributed by atoms with Gasteiger partial charge in [-0.05, 0) is 157 Å². The molecule has 14 aromatic rings. The maximum Gasteiger partial charge on any atom is 0.0541 e. The van der Waals surface area contributed by atoms with E-state index in [1.807, 2.05) is 0 Å². The predicted octanol–water partition coefficient (Wildman–Crippen LogP) is 19.5. The molecule has 0 N–H and O–H groups in total. The molecule has 0 saturated carbocycles. The molecule has 2 heterocycles. The third-order valence-corrected chi connectivity index (χ3v) is 14.9. The molecular weight excluding hydrogens is 893 g/mol. The van der Waals surface area contributed by atoms with E-state index in [0.717, 1.165) is 5.69 Å². The largest absolute Gasteiger partial charge is 0.309 e. The van der Waals surface area contributed by atoms with Gasteiger partial charge in [0.05, 0.1) is 22.1 Å². The summed E-state index contributed by atoms with van der Waals surface area (Å²) in [5.41, 5.74) is 23.9. The molecule has 74 heavy (non-hydrogen) atoms. The Kier molecular flexibility index (Phi) is 10.6. The van der Waals surface area contributed by atoms with Gasteiger partial charge in [-0.2, -0.15) is 0 Å². The minimum absolute atomic E-state index is 1.14. The number of benzene rings is 12. The average molecular weight is 941 g/mol. The van der Waals surface area contributed by atoms with E-state index in [1.165, 1.54) is 127 Å². The number of aromatic nitrogens is 2. The van der Waals surface area contributed by atoms with Crippen LogP contribution in [0.15, 0.2) is 291 Å². The van der Waals surface area contributed by atoms with Gasteiger partial charge in [0.25, 0.3) is 0 Å². The Bertz CT molecular complexity index is 4390. The smallest absolute Gasteiger partial charge is 0.0541 e. The van der Waals surface area contributed by atoms with Crippen LogP contribution < -0.4 is 0 Å². The molecule has 0 aliphatic heterocycles. The van der Waals surface area contributed by atoms with Crippen molar-refractivity contribution in [2.75, 3.05) is 0 Å². The molecule has 2 nitrogen and oxygen atoms in total. The highest BCUT2D eigenvalue weighted by Crippen LogP contribution is 2.40. The maximum atomic E-state index is 2.42. The molecule has 0 unspecified atom stereocenters. The van der Waals surface area contributed by atoms with Crippen molar-refractivity contribution in [2.24, 2.45) is 0 Å². The lowest BCUT2D eigenvalue weighted by Crippen LogP contribution is -1.94. The van der Waals surface area contributed by atoms with Gasteiger partial charge < -0.3 is 9.13 Å². The van der Waals surface area contributed by atoms with Crippen LogP contribution in [0.25, 0.3) is 133 Å². The molecule has 346 valence electrons. The lowest BCUT2D eigenvalue weighted by Gasteiger charge is -2.12. The van der Waals surface area contributed by atoms with Crippen molar-refractivity contribution in [2.45, 2.75) is 0 Å². The molecule has 2 aromatic heterocycles. The molecule has 0 spiro atoms. The van der Waals surface area contributed by atoms with Crippen molar-refractivity contribution in [1.82, 2.24) is 9.13 Å². The Balaban J connectivity index is 0.742. The highest BCUT2D eigenvalue weighted by atomic mass is 15.0. The van der Waals surface area contributed by atoms with Crippen LogP contribution in [0.4, 0.5) is 0 Å². The Morgan fingerprint density at radius 2 is 0.419 bits per heavy atom. The predicted molar refractivity (Wildman–Crippen MR) is 313 cm³/mol. The zero-order chi connectivity index (χ0) is 49.0. The minimum Gasteiger partial charge on any atom is -0.309 e. The van der Waals surface area contributed by atoms with E-state index in [1.54, 1.807) is 0 Å². The van der Waals surface area contributed by atoms with Crippen LogP contribution in [0.1, 0.15) is 0 Å². The normalized spacial score (nSPS) is 11.5. The fourth-order valence-electron chi connectivity index (χ4n) is 11.2. The lowest BCUT2D eigenvalue weighted by molar-refractivity contribution is 1.18. The average Bonchev–Trinajstić information content (AvgIpc) is 4.00. The van der Waals surface area contributed by atoms with Crippen molar-refractivity contribution in [3.63, 3.8) is 0 Å². The van der Waals surface area contributed by atoms with Gasteiger partial charge in [0.2, 0.25) is 0 Å². The number of para-hydroxylation sites is 3. The number of hydrogen-bond donors (Lipinski definition) is 0. The van der Waals surface area contributed by atoms with Crippen LogP contribution in [0, 0.1) is 0 Å². The summed E-state index contributed by atoms with van der Waals surface area (Å²) >= 11 is 0. The van der Waals surface area contributed by atoms with Crippen molar-refractivity contribution < 1.29 is 0 Å².